The molecule has 0 bridgehead atoms. The number of hydrogen-bond donors (Lipinski definition) is 0. The number of alkyl halides is 3. The van der Waals surface area contributed by atoms with Crippen molar-refractivity contribution in [2.45, 2.75) is 6.18 Å². The minimum atomic E-state index is -4.70. The molecule has 0 aliphatic carbocycles. The molecule has 11 heteroatoms. The molecule has 2 aromatic rings. The van der Waals surface area contributed by atoms with Gasteiger partial charge in [0.2, 0.25) is 5.75 Å². The second kappa shape index (κ2) is 7.84. The summed E-state index contributed by atoms with van der Waals surface area (Å²) in [5.74, 6) is -0.351. The van der Waals surface area contributed by atoms with Crippen LogP contribution in [-0.4, -0.2) is 27.1 Å². The molecule has 0 spiro atoms. The summed E-state index contributed by atoms with van der Waals surface area (Å²) >= 11 is 6.22. The van der Waals surface area contributed by atoms with Crippen LogP contribution in [0.2, 0.25) is 0 Å². The third-order valence-corrected chi connectivity index (χ3v) is 5.36. The van der Waals surface area contributed by atoms with Gasteiger partial charge in [-0.25, -0.2) is 0 Å². The van der Waals surface area contributed by atoms with Crippen LogP contribution in [0.15, 0.2) is 47.4 Å². The lowest BCUT2D eigenvalue weighted by Gasteiger charge is -2.10. The van der Waals surface area contributed by atoms with Crippen molar-refractivity contribution >= 4 is 46.0 Å². The Bertz CT molecular complexity index is 1040. The molecular weight excluding hydrogens is 429 g/mol. The van der Waals surface area contributed by atoms with Gasteiger partial charge in [0, 0.05) is 13.1 Å². The van der Waals surface area contributed by atoms with Crippen LogP contribution in [0.3, 0.4) is 0 Å². The molecule has 1 amide bonds. The zero-order valence-corrected chi connectivity index (χ0v) is 16.2. The van der Waals surface area contributed by atoms with Gasteiger partial charge in [0.1, 0.15) is 10.1 Å². The normalized spacial score (nSPS) is 15.9. The van der Waals surface area contributed by atoms with Gasteiger partial charge in [-0.15, -0.1) is 0 Å². The molecule has 0 radical (unpaired) electrons. The molecule has 1 saturated heterocycles. The Morgan fingerprint density at radius 3 is 2.38 bits per heavy atom. The van der Waals surface area contributed by atoms with Gasteiger partial charge in [-0.3, -0.25) is 19.8 Å². The van der Waals surface area contributed by atoms with E-state index in [2.05, 4.69) is 0 Å². The third-order valence-electron chi connectivity index (χ3n) is 3.88. The number of nitrogens with zero attached hydrogens (tertiary/aromatic N) is 2. The molecule has 1 aliphatic heterocycles. The first kappa shape index (κ1) is 20.8. The Kier molecular flexibility index (Phi) is 5.62. The number of thioether (sulfide) groups is 1. The molecule has 6 nitrogen and oxygen atoms in total. The first-order valence-corrected chi connectivity index (χ1v) is 9.14. The molecule has 0 unspecified atom stereocenters. The number of carbonyl (C=O) groups is 1. The molecule has 3 rings (SSSR count). The average molecular weight is 440 g/mol. The van der Waals surface area contributed by atoms with Crippen molar-refractivity contribution in [3.63, 3.8) is 0 Å². The van der Waals surface area contributed by atoms with Gasteiger partial charge in [0.05, 0.1) is 15.4 Å². The maximum absolute atomic E-state index is 12.8. The smallest absolute Gasteiger partial charge is 0.416 e. The van der Waals surface area contributed by atoms with Crippen molar-refractivity contribution in [2.75, 3.05) is 7.05 Å². The van der Waals surface area contributed by atoms with Gasteiger partial charge < -0.3 is 4.74 Å². The quantitative estimate of drug-likeness (QED) is 0.280. The number of thiocarbonyl (C=S) groups is 1. The Morgan fingerprint density at radius 2 is 1.86 bits per heavy atom. The predicted molar refractivity (Wildman–Crippen MR) is 106 cm³/mol. The lowest BCUT2D eigenvalue weighted by molar-refractivity contribution is -0.385. The van der Waals surface area contributed by atoms with Gasteiger partial charge in [-0.05, 0) is 35.9 Å². The molecule has 150 valence electrons. The highest BCUT2D eigenvalue weighted by atomic mass is 32.2. The summed E-state index contributed by atoms with van der Waals surface area (Å²) in [5.41, 5.74) is -1.27. The van der Waals surface area contributed by atoms with Gasteiger partial charge in [-0.1, -0.05) is 36.1 Å². The zero-order chi connectivity index (χ0) is 21.3. The fraction of sp³-hybridized carbons (Fsp3) is 0.111. The van der Waals surface area contributed by atoms with E-state index < -0.39 is 22.4 Å². The monoisotopic (exact) mass is 440 g/mol. The molecule has 0 aromatic heterocycles. The number of rotatable bonds is 4. The summed E-state index contributed by atoms with van der Waals surface area (Å²) in [6.45, 7) is 0. The number of nitro groups is 1. The van der Waals surface area contributed by atoms with Crippen LogP contribution in [0, 0.1) is 10.1 Å². The SMILES string of the molecule is CN1C(=O)/C(=C\c2ccc(Oc3ccc(C(F)(F)F)cc3[N+](=O)[O-])cc2)SC1=S. The number of hydrogen-bond acceptors (Lipinski definition) is 6. The minimum absolute atomic E-state index is 0.188. The van der Waals surface area contributed by atoms with E-state index in [4.69, 9.17) is 17.0 Å². The molecule has 0 atom stereocenters. The van der Waals surface area contributed by atoms with Crippen molar-refractivity contribution in [2.24, 2.45) is 0 Å². The van der Waals surface area contributed by atoms with Crippen LogP contribution < -0.4 is 4.74 Å². The van der Waals surface area contributed by atoms with Crippen molar-refractivity contribution in [3.05, 3.63) is 68.6 Å². The third kappa shape index (κ3) is 4.57. The first-order valence-electron chi connectivity index (χ1n) is 7.91. The second-order valence-electron chi connectivity index (χ2n) is 5.85. The molecule has 1 aliphatic rings. The highest BCUT2D eigenvalue weighted by Gasteiger charge is 2.33. The molecule has 2 aromatic carbocycles. The maximum atomic E-state index is 12.8. The van der Waals surface area contributed by atoms with Gasteiger partial charge in [0.25, 0.3) is 5.91 Å². The fourth-order valence-electron chi connectivity index (χ4n) is 2.38. The van der Waals surface area contributed by atoms with Crippen LogP contribution >= 0.6 is 24.0 Å². The van der Waals surface area contributed by atoms with Crippen LogP contribution in [0.25, 0.3) is 6.08 Å². The van der Waals surface area contributed by atoms with Crippen LogP contribution in [0.5, 0.6) is 11.5 Å². The number of ether oxygens (including phenoxy) is 1. The van der Waals surface area contributed by atoms with E-state index in [1.165, 1.54) is 17.0 Å². The van der Waals surface area contributed by atoms with Gasteiger partial charge >= 0.3 is 11.9 Å². The summed E-state index contributed by atoms with van der Waals surface area (Å²) < 4.78 is 44.1. The minimum Gasteiger partial charge on any atom is -0.450 e. The molecular formula is C18H11F3N2O4S2. The highest BCUT2D eigenvalue weighted by Crippen LogP contribution is 2.38. The molecule has 0 N–H and O–H groups in total. The summed E-state index contributed by atoms with van der Waals surface area (Å²) in [6, 6.07) is 8.22. The van der Waals surface area contributed by atoms with Crippen molar-refractivity contribution in [1.29, 1.82) is 0 Å². The largest absolute Gasteiger partial charge is 0.450 e. The zero-order valence-electron chi connectivity index (χ0n) is 14.6. The van der Waals surface area contributed by atoms with E-state index in [1.807, 2.05) is 0 Å². The molecule has 1 fully saturated rings. The Hall–Kier alpha value is -2.92. The van der Waals surface area contributed by atoms with E-state index in [9.17, 15) is 28.1 Å². The summed E-state index contributed by atoms with van der Waals surface area (Å²) in [7, 11) is 1.58. The predicted octanol–water partition coefficient (Wildman–Crippen LogP) is 5.24. The van der Waals surface area contributed by atoms with Crippen LogP contribution in [0.4, 0.5) is 18.9 Å². The van der Waals surface area contributed by atoms with Crippen molar-refractivity contribution in [1.82, 2.24) is 4.90 Å². The lowest BCUT2D eigenvalue weighted by Crippen LogP contribution is -2.22. The molecule has 29 heavy (non-hydrogen) atoms. The average Bonchev–Trinajstić information content (AvgIpc) is 2.89. The fourth-order valence-corrected chi connectivity index (χ4v) is 3.56. The Balaban J connectivity index is 1.82. The maximum Gasteiger partial charge on any atom is 0.416 e. The standard InChI is InChI=1S/C18H11F3N2O4S2/c1-22-16(24)15(29-17(22)28)8-10-2-5-12(6-3-10)27-14-7-4-11(18(19,20)21)9-13(14)23(25)26/h2-9H,1H3/b15-8+. The summed E-state index contributed by atoms with van der Waals surface area (Å²) in [4.78, 5) is 24.0. The summed E-state index contributed by atoms with van der Waals surface area (Å²) in [5, 5.41) is 11.1. The topological polar surface area (TPSA) is 72.7 Å². The lowest BCUT2D eigenvalue weighted by atomic mass is 10.1. The summed E-state index contributed by atoms with van der Waals surface area (Å²) in [6.07, 6.45) is -3.07. The molecule has 1 heterocycles. The van der Waals surface area contributed by atoms with E-state index in [-0.39, 0.29) is 17.4 Å². The van der Waals surface area contributed by atoms with E-state index in [1.54, 1.807) is 25.3 Å². The van der Waals surface area contributed by atoms with E-state index in [0.29, 0.717) is 26.9 Å². The van der Waals surface area contributed by atoms with Crippen LogP contribution in [-0.2, 0) is 11.0 Å². The van der Waals surface area contributed by atoms with Gasteiger partial charge in [-0.2, -0.15) is 13.2 Å². The van der Waals surface area contributed by atoms with Crippen molar-refractivity contribution in [3.8, 4) is 11.5 Å². The first-order chi connectivity index (χ1) is 13.6. The Morgan fingerprint density at radius 1 is 1.21 bits per heavy atom. The van der Waals surface area contributed by atoms with Crippen LogP contribution in [0.1, 0.15) is 11.1 Å². The Labute approximate surface area is 172 Å². The number of nitro benzene ring substituents is 1. The van der Waals surface area contributed by atoms with E-state index in [0.717, 1.165) is 17.8 Å². The van der Waals surface area contributed by atoms with Gasteiger partial charge in [0.15, 0.2) is 0 Å². The van der Waals surface area contributed by atoms with Crippen molar-refractivity contribution < 1.29 is 27.6 Å². The number of halogens is 3. The second-order valence-corrected chi connectivity index (χ2v) is 7.52. The van der Waals surface area contributed by atoms with E-state index >= 15 is 0 Å². The molecule has 0 saturated carbocycles. The highest BCUT2D eigenvalue weighted by molar-refractivity contribution is 8.26. The number of amides is 1. The number of likely N-dealkylation sites (N-methyl/N-ethyl adjacent to an activating group) is 1. The number of carbonyl (C=O) groups excluding carboxylic acids is 1. The number of benzene rings is 2.